The summed E-state index contributed by atoms with van der Waals surface area (Å²) in [4.78, 5) is 0. The van der Waals surface area contributed by atoms with Gasteiger partial charge in [0, 0.05) is 6.54 Å². The van der Waals surface area contributed by atoms with Crippen LogP contribution in [-0.2, 0) is 6.54 Å². The van der Waals surface area contributed by atoms with Crippen LogP contribution in [0.1, 0.15) is 17.2 Å². The van der Waals surface area contributed by atoms with E-state index in [-0.39, 0.29) is 12.1 Å². The minimum Gasteiger partial charge on any atom is -0.379 e. The number of benzene rings is 1. The van der Waals surface area contributed by atoms with Gasteiger partial charge in [-0.25, -0.2) is 0 Å². The molecule has 0 heterocycles. The van der Waals surface area contributed by atoms with Gasteiger partial charge in [-0.15, -0.1) is 0 Å². The van der Waals surface area contributed by atoms with E-state index in [1.165, 1.54) is 24.3 Å². The molecule has 0 aliphatic carbocycles. The Morgan fingerprint density at radius 2 is 1.71 bits per heavy atom. The maximum Gasteiger partial charge on any atom is 0.418 e. The third-order valence-corrected chi connectivity index (χ3v) is 1.81. The minimum absolute atomic E-state index is 0.0163. The van der Waals surface area contributed by atoms with E-state index in [4.69, 9.17) is 10.8 Å². The molecule has 0 aliphatic rings. The summed E-state index contributed by atoms with van der Waals surface area (Å²) in [6, 6.07) is 5.17. The fourth-order valence-corrected chi connectivity index (χ4v) is 1.01. The lowest BCUT2D eigenvalue weighted by molar-refractivity contribution is -0.206. The summed E-state index contributed by atoms with van der Waals surface area (Å²) in [6.07, 6.45) is -7.08. The summed E-state index contributed by atoms with van der Waals surface area (Å²) in [6.45, 7) is 0.0163. The quantitative estimate of drug-likeness (QED) is 0.787. The van der Waals surface area contributed by atoms with Crippen LogP contribution in [0.5, 0.6) is 0 Å². The molecule has 2 nitrogen and oxygen atoms in total. The van der Waals surface area contributed by atoms with Crippen molar-refractivity contribution in [2.45, 2.75) is 18.8 Å². The van der Waals surface area contributed by atoms with E-state index < -0.39 is 12.3 Å². The lowest BCUT2D eigenvalue weighted by Crippen LogP contribution is -2.20. The van der Waals surface area contributed by atoms with E-state index >= 15 is 0 Å². The van der Waals surface area contributed by atoms with Gasteiger partial charge in [0.2, 0.25) is 0 Å². The molecule has 1 rings (SSSR count). The normalized spacial score (nSPS) is 14.1. The van der Waals surface area contributed by atoms with E-state index in [9.17, 15) is 13.2 Å². The molecule has 1 radical (unpaired) electrons. The average Bonchev–Trinajstić information content (AvgIpc) is 2.15. The smallest absolute Gasteiger partial charge is 0.379 e. The summed E-state index contributed by atoms with van der Waals surface area (Å²) >= 11 is 0. The number of rotatable bonds is 2. The highest BCUT2D eigenvalue weighted by molar-refractivity contribution is 5.24. The second-order valence-corrected chi connectivity index (χ2v) is 2.86. The van der Waals surface area contributed by atoms with Crippen LogP contribution in [-0.4, -0.2) is 11.3 Å². The molecule has 0 amide bonds. The van der Waals surface area contributed by atoms with Crippen molar-refractivity contribution in [3.05, 3.63) is 35.4 Å². The van der Waals surface area contributed by atoms with E-state index in [0.717, 1.165) is 0 Å². The van der Waals surface area contributed by atoms with Gasteiger partial charge in [0.25, 0.3) is 0 Å². The van der Waals surface area contributed by atoms with Crippen molar-refractivity contribution in [1.82, 2.24) is 5.73 Å². The molecule has 1 unspecified atom stereocenters. The topological polar surface area (TPSA) is 44.0 Å². The first-order valence-electron chi connectivity index (χ1n) is 3.93. The Hall–Kier alpha value is -1.07. The molecule has 0 aliphatic heterocycles. The number of alkyl halides is 3. The predicted octanol–water partition coefficient (Wildman–Crippen LogP) is 2.07. The van der Waals surface area contributed by atoms with Gasteiger partial charge in [0.05, 0.1) is 0 Å². The standard InChI is InChI=1S/C9H9F3NO/c10-9(11,12)8(14)7-3-1-6(5-13)2-4-7/h1-4,8,13-14H,5H2. The summed E-state index contributed by atoms with van der Waals surface area (Å²) in [5.74, 6) is 0. The summed E-state index contributed by atoms with van der Waals surface area (Å²) in [5, 5.41) is 8.85. The molecule has 0 saturated carbocycles. The molecule has 1 aromatic rings. The molecule has 77 valence electrons. The number of aliphatic hydroxyl groups is 1. The van der Waals surface area contributed by atoms with Gasteiger partial charge < -0.3 is 5.11 Å². The van der Waals surface area contributed by atoms with Crippen LogP contribution in [0, 0.1) is 0 Å². The Kier molecular flexibility index (Phi) is 3.13. The molecule has 1 atom stereocenters. The van der Waals surface area contributed by atoms with Crippen molar-refractivity contribution >= 4 is 0 Å². The maximum atomic E-state index is 12.0. The fourth-order valence-electron chi connectivity index (χ4n) is 1.01. The molecule has 0 fully saturated rings. The Morgan fingerprint density at radius 1 is 1.21 bits per heavy atom. The highest BCUT2D eigenvalue weighted by Gasteiger charge is 2.39. The Balaban J connectivity index is 2.87. The number of hydrogen-bond acceptors (Lipinski definition) is 1. The van der Waals surface area contributed by atoms with Crippen molar-refractivity contribution < 1.29 is 18.3 Å². The van der Waals surface area contributed by atoms with Crippen molar-refractivity contribution in [3.8, 4) is 0 Å². The zero-order valence-corrected chi connectivity index (χ0v) is 7.17. The maximum absolute atomic E-state index is 12.0. The predicted molar refractivity (Wildman–Crippen MR) is 44.3 cm³/mol. The largest absolute Gasteiger partial charge is 0.418 e. The van der Waals surface area contributed by atoms with Gasteiger partial charge in [-0.05, 0) is 11.1 Å². The first-order valence-corrected chi connectivity index (χ1v) is 3.93. The van der Waals surface area contributed by atoms with Crippen LogP contribution in [0.3, 0.4) is 0 Å². The van der Waals surface area contributed by atoms with Gasteiger partial charge in [0.15, 0.2) is 6.10 Å². The molecule has 0 aromatic heterocycles. The third-order valence-electron chi connectivity index (χ3n) is 1.81. The SMILES string of the molecule is [NH]Cc1ccc(C(O)C(F)(F)F)cc1. The highest BCUT2D eigenvalue weighted by atomic mass is 19.4. The highest BCUT2D eigenvalue weighted by Crippen LogP contribution is 2.32. The molecule has 0 saturated heterocycles. The van der Waals surface area contributed by atoms with Crippen LogP contribution in [0.4, 0.5) is 13.2 Å². The van der Waals surface area contributed by atoms with E-state index in [2.05, 4.69) is 0 Å². The number of nitrogens with one attached hydrogen (secondary N) is 1. The van der Waals surface area contributed by atoms with Gasteiger partial charge in [-0.2, -0.15) is 13.2 Å². The molecule has 0 spiro atoms. The number of halogens is 3. The molecular formula is C9H9F3NO. The van der Waals surface area contributed by atoms with Crippen LogP contribution in [0.15, 0.2) is 24.3 Å². The van der Waals surface area contributed by atoms with Gasteiger partial charge in [-0.1, -0.05) is 24.3 Å². The fraction of sp³-hybridized carbons (Fsp3) is 0.333. The van der Waals surface area contributed by atoms with Crippen molar-refractivity contribution in [1.29, 1.82) is 0 Å². The average molecular weight is 204 g/mol. The van der Waals surface area contributed by atoms with Gasteiger partial charge >= 0.3 is 6.18 Å². The lowest BCUT2D eigenvalue weighted by atomic mass is 10.1. The van der Waals surface area contributed by atoms with Crippen molar-refractivity contribution in [2.75, 3.05) is 0 Å². The van der Waals surface area contributed by atoms with Gasteiger partial charge in [-0.3, -0.25) is 5.73 Å². The zero-order chi connectivity index (χ0) is 10.8. The third kappa shape index (κ3) is 2.46. The Morgan fingerprint density at radius 3 is 2.07 bits per heavy atom. The second-order valence-electron chi connectivity index (χ2n) is 2.86. The Bertz CT molecular complexity index is 294. The monoisotopic (exact) mass is 204 g/mol. The summed E-state index contributed by atoms with van der Waals surface area (Å²) < 4.78 is 36.1. The van der Waals surface area contributed by atoms with Crippen molar-refractivity contribution in [3.63, 3.8) is 0 Å². The lowest BCUT2D eigenvalue weighted by Gasteiger charge is -2.14. The summed E-state index contributed by atoms with van der Waals surface area (Å²) in [7, 11) is 0. The van der Waals surface area contributed by atoms with E-state index in [1.54, 1.807) is 0 Å². The van der Waals surface area contributed by atoms with Crippen LogP contribution < -0.4 is 5.73 Å². The van der Waals surface area contributed by atoms with E-state index in [1.807, 2.05) is 0 Å². The molecule has 1 aromatic carbocycles. The minimum atomic E-state index is -4.64. The van der Waals surface area contributed by atoms with Crippen LogP contribution in [0.25, 0.3) is 0 Å². The van der Waals surface area contributed by atoms with Gasteiger partial charge in [0.1, 0.15) is 0 Å². The first kappa shape index (κ1) is 11.0. The number of aliphatic hydroxyl groups excluding tert-OH is 1. The first-order chi connectivity index (χ1) is 6.45. The molecule has 14 heavy (non-hydrogen) atoms. The molecule has 0 bridgehead atoms. The molecule has 5 heteroatoms. The number of hydrogen-bond donors (Lipinski definition) is 1. The van der Waals surface area contributed by atoms with E-state index in [0.29, 0.717) is 5.56 Å². The van der Waals surface area contributed by atoms with Crippen molar-refractivity contribution in [2.24, 2.45) is 0 Å². The van der Waals surface area contributed by atoms with Crippen LogP contribution >= 0.6 is 0 Å². The molecule has 2 N–H and O–H groups in total. The molecular weight excluding hydrogens is 195 g/mol. The zero-order valence-electron chi connectivity index (χ0n) is 7.17. The van der Waals surface area contributed by atoms with Crippen LogP contribution in [0.2, 0.25) is 0 Å². The second kappa shape index (κ2) is 3.98. The Labute approximate surface area is 79.2 Å². The summed E-state index contributed by atoms with van der Waals surface area (Å²) in [5.41, 5.74) is 7.37.